The van der Waals surface area contributed by atoms with Crippen molar-refractivity contribution in [1.82, 2.24) is 5.32 Å². The number of hydrogen-bond acceptors (Lipinski definition) is 3. The van der Waals surface area contributed by atoms with Gasteiger partial charge in [-0.25, -0.2) is 0 Å². The summed E-state index contributed by atoms with van der Waals surface area (Å²) in [5.41, 5.74) is 4.62. The van der Waals surface area contributed by atoms with Gasteiger partial charge in [-0.3, -0.25) is 0 Å². The number of ether oxygens (including phenoxy) is 1. The van der Waals surface area contributed by atoms with Crippen LogP contribution in [0.15, 0.2) is 18.2 Å². The molecule has 3 nitrogen and oxygen atoms in total. The van der Waals surface area contributed by atoms with Gasteiger partial charge >= 0.3 is 0 Å². The van der Waals surface area contributed by atoms with Gasteiger partial charge in [0.1, 0.15) is 0 Å². The second-order valence-corrected chi connectivity index (χ2v) is 6.02. The lowest BCUT2D eigenvalue weighted by Crippen LogP contribution is -2.31. The maximum absolute atomic E-state index is 5.47. The van der Waals surface area contributed by atoms with Crippen molar-refractivity contribution < 1.29 is 4.74 Å². The molecule has 1 fully saturated rings. The summed E-state index contributed by atoms with van der Waals surface area (Å²) in [6.45, 7) is 5.38. The van der Waals surface area contributed by atoms with E-state index in [1.54, 1.807) is 5.56 Å². The minimum Gasteiger partial charge on any atom is -0.381 e. The quantitative estimate of drug-likeness (QED) is 0.891. The molecule has 1 N–H and O–H groups in total. The monoisotopic (exact) mass is 274 g/mol. The molecule has 20 heavy (non-hydrogen) atoms. The van der Waals surface area contributed by atoms with E-state index >= 15 is 0 Å². The summed E-state index contributed by atoms with van der Waals surface area (Å²) in [5, 5.41) is 3.26. The van der Waals surface area contributed by atoms with Crippen LogP contribution in [0.1, 0.15) is 24.0 Å². The Morgan fingerprint density at radius 2 is 2.15 bits per heavy atom. The van der Waals surface area contributed by atoms with Crippen LogP contribution in [-0.2, 0) is 17.6 Å². The number of benzene rings is 1. The molecule has 0 aliphatic carbocycles. The van der Waals surface area contributed by atoms with E-state index in [4.69, 9.17) is 4.74 Å². The zero-order valence-corrected chi connectivity index (χ0v) is 12.5. The molecule has 0 atom stereocenters. The molecule has 110 valence electrons. The van der Waals surface area contributed by atoms with Crippen LogP contribution < -0.4 is 10.2 Å². The molecular formula is C17H26N2O. The fraction of sp³-hybridized carbons (Fsp3) is 0.647. The van der Waals surface area contributed by atoms with Crippen molar-refractivity contribution >= 4 is 5.69 Å². The Morgan fingerprint density at radius 1 is 1.30 bits per heavy atom. The molecule has 2 aliphatic rings. The van der Waals surface area contributed by atoms with Gasteiger partial charge in [-0.15, -0.1) is 0 Å². The highest BCUT2D eigenvalue weighted by Crippen LogP contribution is 2.32. The maximum atomic E-state index is 5.47. The van der Waals surface area contributed by atoms with E-state index in [0.717, 1.165) is 32.1 Å². The van der Waals surface area contributed by atoms with E-state index in [1.807, 2.05) is 7.05 Å². The number of hydrogen-bond donors (Lipinski definition) is 1. The summed E-state index contributed by atoms with van der Waals surface area (Å²) in [5.74, 6) is 0.815. The molecule has 1 aromatic carbocycles. The molecule has 2 aliphatic heterocycles. The van der Waals surface area contributed by atoms with Crippen LogP contribution in [0.25, 0.3) is 0 Å². The fourth-order valence-corrected chi connectivity index (χ4v) is 3.50. The minimum absolute atomic E-state index is 0.815. The zero-order chi connectivity index (χ0) is 13.8. The van der Waals surface area contributed by atoms with E-state index in [0.29, 0.717) is 0 Å². The standard InChI is InChI=1S/C17H26N2O/c1-18-9-5-15-3-2-4-17-16(15)6-10-19(17)13-14-7-11-20-12-8-14/h2-4,14,18H,5-13H2,1H3. The van der Waals surface area contributed by atoms with Gasteiger partial charge in [0.15, 0.2) is 0 Å². The highest BCUT2D eigenvalue weighted by Gasteiger charge is 2.24. The highest BCUT2D eigenvalue weighted by atomic mass is 16.5. The Kier molecular flexibility index (Phi) is 4.58. The molecule has 0 bridgehead atoms. The lowest BCUT2D eigenvalue weighted by Gasteiger charge is -2.28. The largest absolute Gasteiger partial charge is 0.381 e. The van der Waals surface area contributed by atoms with E-state index < -0.39 is 0 Å². The number of fused-ring (bicyclic) bond motifs is 1. The third kappa shape index (κ3) is 2.99. The molecule has 3 rings (SSSR count). The first-order valence-corrected chi connectivity index (χ1v) is 7.96. The summed E-state index contributed by atoms with van der Waals surface area (Å²) < 4.78 is 5.47. The van der Waals surface area contributed by atoms with E-state index in [2.05, 4.69) is 28.4 Å². The topological polar surface area (TPSA) is 24.5 Å². The van der Waals surface area contributed by atoms with Crippen LogP contribution in [0.3, 0.4) is 0 Å². The molecule has 0 spiro atoms. The lowest BCUT2D eigenvalue weighted by molar-refractivity contribution is 0.0683. The van der Waals surface area contributed by atoms with E-state index in [9.17, 15) is 0 Å². The predicted molar refractivity (Wildman–Crippen MR) is 83.5 cm³/mol. The van der Waals surface area contributed by atoms with Gasteiger partial charge in [-0.2, -0.15) is 0 Å². The second kappa shape index (κ2) is 6.59. The highest BCUT2D eigenvalue weighted by molar-refractivity contribution is 5.61. The van der Waals surface area contributed by atoms with Crippen LogP contribution in [0.5, 0.6) is 0 Å². The van der Waals surface area contributed by atoms with E-state index in [-0.39, 0.29) is 0 Å². The Hall–Kier alpha value is -1.06. The van der Waals surface area contributed by atoms with Crippen molar-refractivity contribution in [1.29, 1.82) is 0 Å². The number of anilines is 1. The number of likely N-dealkylation sites (N-methyl/N-ethyl adjacent to an activating group) is 1. The summed E-state index contributed by atoms with van der Waals surface area (Å²) in [7, 11) is 2.03. The SMILES string of the molecule is CNCCc1cccc2c1CCN2CC1CCOCC1. The van der Waals surface area contributed by atoms with Gasteiger partial charge in [-0.05, 0) is 62.4 Å². The zero-order valence-electron chi connectivity index (χ0n) is 12.5. The average Bonchev–Trinajstić information content (AvgIpc) is 2.90. The molecule has 0 saturated carbocycles. The normalized spacial score (nSPS) is 19.4. The Labute approximate surface area is 122 Å². The lowest BCUT2D eigenvalue weighted by atomic mass is 9.99. The molecule has 0 unspecified atom stereocenters. The molecule has 2 heterocycles. The second-order valence-electron chi connectivity index (χ2n) is 6.02. The Balaban J connectivity index is 1.69. The third-order valence-electron chi connectivity index (χ3n) is 4.68. The van der Waals surface area contributed by atoms with E-state index in [1.165, 1.54) is 43.6 Å². The van der Waals surface area contributed by atoms with Gasteiger partial charge in [-0.1, -0.05) is 12.1 Å². The fourth-order valence-electron chi connectivity index (χ4n) is 3.50. The van der Waals surface area contributed by atoms with Crippen molar-refractivity contribution in [3.63, 3.8) is 0 Å². The summed E-state index contributed by atoms with van der Waals surface area (Å²) in [4.78, 5) is 2.61. The van der Waals surface area contributed by atoms with Crippen molar-refractivity contribution in [2.75, 3.05) is 44.8 Å². The smallest absolute Gasteiger partial charge is 0.0469 e. The van der Waals surface area contributed by atoms with Crippen molar-refractivity contribution in [2.24, 2.45) is 5.92 Å². The molecule has 1 aromatic rings. The van der Waals surface area contributed by atoms with Crippen molar-refractivity contribution in [3.05, 3.63) is 29.3 Å². The van der Waals surface area contributed by atoms with Crippen LogP contribution in [0, 0.1) is 5.92 Å². The molecule has 0 amide bonds. The number of nitrogens with zero attached hydrogens (tertiary/aromatic N) is 1. The first kappa shape index (κ1) is 13.9. The Bertz CT molecular complexity index is 441. The third-order valence-corrected chi connectivity index (χ3v) is 4.68. The van der Waals surface area contributed by atoms with Crippen molar-refractivity contribution in [3.8, 4) is 0 Å². The first-order valence-electron chi connectivity index (χ1n) is 7.96. The van der Waals surface area contributed by atoms with Gasteiger partial charge in [0.25, 0.3) is 0 Å². The maximum Gasteiger partial charge on any atom is 0.0469 e. The summed E-state index contributed by atoms with van der Waals surface area (Å²) in [6.07, 6.45) is 4.82. The van der Waals surface area contributed by atoms with Gasteiger partial charge < -0.3 is 15.0 Å². The van der Waals surface area contributed by atoms with Gasteiger partial charge in [0, 0.05) is 32.0 Å². The summed E-state index contributed by atoms with van der Waals surface area (Å²) >= 11 is 0. The number of nitrogens with one attached hydrogen (secondary N) is 1. The van der Waals surface area contributed by atoms with Crippen LogP contribution in [-0.4, -0.2) is 39.9 Å². The molecule has 0 radical (unpaired) electrons. The molecule has 1 saturated heterocycles. The first-order chi connectivity index (χ1) is 9.88. The number of rotatable bonds is 5. The molecular weight excluding hydrogens is 248 g/mol. The average molecular weight is 274 g/mol. The molecule has 0 aromatic heterocycles. The van der Waals surface area contributed by atoms with Crippen molar-refractivity contribution in [2.45, 2.75) is 25.7 Å². The van der Waals surface area contributed by atoms with Gasteiger partial charge in [0.05, 0.1) is 0 Å². The summed E-state index contributed by atoms with van der Waals surface area (Å²) in [6, 6.07) is 6.84. The minimum atomic E-state index is 0.815. The Morgan fingerprint density at radius 3 is 2.95 bits per heavy atom. The van der Waals surface area contributed by atoms with Crippen LogP contribution in [0.4, 0.5) is 5.69 Å². The predicted octanol–water partition coefficient (Wildman–Crippen LogP) is 2.24. The van der Waals surface area contributed by atoms with Crippen LogP contribution in [0.2, 0.25) is 0 Å². The van der Waals surface area contributed by atoms with Crippen LogP contribution >= 0.6 is 0 Å². The molecule has 3 heteroatoms. The van der Waals surface area contributed by atoms with Gasteiger partial charge in [0.2, 0.25) is 0 Å².